The van der Waals surface area contributed by atoms with Gasteiger partial charge in [-0.05, 0) is 28.8 Å². The molecule has 1 N–H and O–H groups in total. The van der Waals surface area contributed by atoms with E-state index in [-0.39, 0.29) is 6.10 Å². The quantitative estimate of drug-likeness (QED) is 0.726. The molecular formula is C8H10OS2. The van der Waals surface area contributed by atoms with E-state index in [0.29, 0.717) is 5.25 Å². The molecule has 1 saturated heterocycles. The Balaban J connectivity index is 2.08. The van der Waals surface area contributed by atoms with Crippen LogP contribution in [0.5, 0.6) is 0 Å². The summed E-state index contributed by atoms with van der Waals surface area (Å²) in [5, 5.41) is 14.1. The SMILES string of the molecule is OC1CSC(c2ccsc2)C1. The molecule has 2 rings (SSSR count). The summed E-state index contributed by atoms with van der Waals surface area (Å²) in [6, 6.07) is 2.15. The Bertz CT molecular complexity index is 220. The van der Waals surface area contributed by atoms with Gasteiger partial charge in [0.1, 0.15) is 0 Å². The molecule has 11 heavy (non-hydrogen) atoms. The normalized spacial score (nSPS) is 31.0. The first-order valence-corrected chi connectivity index (χ1v) is 5.67. The molecule has 0 amide bonds. The minimum atomic E-state index is -0.0788. The van der Waals surface area contributed by atoms with E-state index >= 15 is 0 Å². The van der Waals surface area contributed by atoms with E-state index in [1.54, 1.807) is 11.3 Å². The highest BCUT2D eigenvalue weighted by atomic mass is 32.2. The zero-order valence-corrected chi connectivity index (χ0v) is 7.70. The van der Waals surface area contributed by atoms with Crippen molar-refractivity contribution >= 4 is 23.1 Å². The number of rotatable bonds is 1. The maximum atomic E-state index is 9.28. The maximum absolute atomic E-state index is 9.28. The van der Waals surface area contributed by atoms with Crippen LogP contribution in [-0.2, 0) is 0 Å². The van der Waals surface area contributed by atoms with Crippen molar-refractivity contribution in [3.05, 3.63) is 22.4 Å². The van der Waals surface area contributed by atoms with E-state index in [1.165, 1.54) is 5.56 Å². The summed E-state index contributed by atoms with van der Waals surface area (Å²) < 4.78 is 0. The van der Waals surface area contributed by atoms with Gasteiger partial charge < -0.3 is 5.11 Å². The predicted octanol–water partition coefficient (Wildman–Crippen LogP) is 2.29. The maximum Gasteiger partial charge on any atom is 0.0644 e. The molecule has 1 aromatic rings. The summed E-state index contributed by atoms with van der Waals surface area (Å²) in [5.74, 6) is 0.903. The van der Waals surface area contributed by atoms with Crippen LogP contribution in [0.2, 0.25) is 0 Å². The van der Waals surface area contributed by atoms with E-state index in [0.717, 1.165) is 12.2 Å². The van der Waals surface area contributed by atoms with E-state index < -0.39 is 0 Å². The van der Waals surface area contributed by atoms with Gasteiger partial charge in [-0.2, -0.15) is 23.1 Å². The summed E-state index contributed by atoms with van der Waals surface area (Å²) in [4.78, 5) is 0. The number of thiophene rings is 1. The van der Waals surface area contributed by atoms with Gasteiger partial charge in [-0.1, -0.05) is 0 Å². The van der Waals surface area contributed by atoms with Gasteiger partial charge in [0, 0.05) is 11.0 Å². The highest BCUT2D eigenvalue weighted by molar-refractivity contribution is 7.99. The fourth-order valence-corrected chi connectivity index (χ4v) is 3.39. The van der Waals surface area contributed by atoms with Gasteiger partial charge in [0.15, 0.2) is 0 Å². The van der Waals surface area contributed by atoms with E-state index in [1.807, 2.05) is 11.8 Å². The van der Waals surface area contributed by atoms with Crippen molar-refractivity contribution in [2.75, 3.05) is 5.75 Å². The minimum absolute atomic E-state index is 0.0788. The first kappa shape index (κ1) is 7.65. The summed E-state index contributed by atoms with van der Waals surface area (Å²) in [5.41, 5.74) is 1.39. The number of thioether (sulfide) groups is 1. The second-order valence-electron chi connectivity index (χ2n) is 2.77. The van der Waals surface area contributed by atoms with Crippen molar-refractivity contribution in [1.29, 1.82) is 0 Å². The first-order chi connectivity index (χ1) is 5.36. The molecule has 2 unspecified atom stereocenters. The lowest BCUT2D eigenvalue weighted by molar-refractivity contribution is 0.196. The van der Waals surface area contributed by atoms with E-state index in [4.69, 9.17) is 0 Å². The minimum Gasteiger partial charge on any atom is -0.392 e. The lowest BCUT2D eigenvalue weighted by Gasteiger charge is -2.03. The molecule has 3 heteroatoms. The van der Waals surface area contributed by atoms with Gasteiger partial charge in [-0.15, -0.1) is 0 Å². The first-order valence-electron chi connectivity index (χ1n) is 3.68. The fourth-order valence-electron chi connectivity index (χ4n) is 1.30. The predicted molar refractivity (Wildman–Crippen MR) is 50.1 cm³/mol. The number of hydrogen-bond acceptors (Lipinski definition) is 3. The molecule has 0 radical (unpaired) electrons. The second-order valence-corrected chi connectivity index (χ2v) is 4.78. The van der Waals surface area contributed by atoms with E-state index in [9.17, 15) is 5.11 Å². The lowest BCUT2D eigenvalue weighted by atomic mass is 10.1. The third kappa shape index (κ3) is 1.60. The van der Waals surface area contributed by atoms with Crippen LogP contribution in [0.3, 0.4) is 0 Å². The Kier molecular flexibility index (Phi) is 2.20. The summed E-state index contributed by atoms with van der Waals surface area (Å²) in [7, 11) is 0. The molecule has 0 aromatic carbocycles. The Hall–Kier alpha value is 0.01000. The molecule has 60 valence electrons. The molecule has 1 fully saturated rings. The highest BCUT2D eigenvalue weighted by Gasteiger charge is 2.24. The lowest BCUT2D eigenvalue weighted by Crippen LogP contribution is -2.02. The van der Waals surface area contributed by atoms with Crippen LogP contribution >= 0.6 is 23.1 Å². The Morgan fingerprint density at radius 3 is 3.00 bits per heavy atom. The van der Waals surface area contributed by atoms with Crippen molar-refractivity contribution in [2.24, 2.45) is 0 Å². The molecule has 1 aliphatic rings. The summed E-state index contributed by atoms with van der Waals surface area (Å²) in [6.45, 7) is 0. The average Bonchev–Trinajstić information content (AvgIpc) is 2.55. The molecule has 1 nitrogen and oxygen atoms in total. The highest BCUT2D eigenvalue weighted by Crippen LogP contribution is 2.40. The number of aliphatic hydroxyl groups excluding tert-OH is 1. The third-order valence-electron chi connectivity index (χ3n) is 1.89. The zero-order chi connectivity index (χ0) is 7.68. The Morgan fingerprint density at radius 2 is 2.45 bits per heavy atom. The summed E-state index contributed by atoms with van der Waals surface area (Å²) >= 11 is 3.60. The molecule has 1 aliphatic heterocycles. The van der Waals surface area contributed by atoms with Gasteiger partial charge in [-0.25, -0.2) is 0 Å². The van der Waals surface area contributed by atoms with Crippen LogP contribution in [0.25, 0.3) is 0 Å². The number of aliphatic hydroxyl groups is 1. The zero-order valence-electron chi connectivity index (χ0n) is 6.06. The summed E-state index contributed by atoms with van der Waals surface area (Å²) in [6.07, 6.45) is 0.853. The van der Waals surface area contributed by atoms with E-state index in [2.05, 4.69) is 16.8 Å². The Morgan fingerprint density at radius 1 is 1.55 bits per heavy atom. The molecule has 0 saturated carbocycles. The van der Waals surface area contributed by atoms with Gasteiger partial charge in [0.05, 0.1) is 6.10 Å². The van der Waals surface area contributed by atoms with Crippen molar-refractivity contribution < 1.29 is 5.11 Å². The van der Waals surface area contributed by atoms with Gasteiger partial charge in [-0.3, -0.25) is 0 Å². The van der Waals surface area contributed by atoms with Crippen LogP contribution in [-0.4, -0.2) is 17.0 Å². The van der Waals surface area contributed by atoms with Gasteiger partial charge in [0.25, 0.3) is 0 Å². The molecule has 0 spiro atoms. The van der Waals surface area contributed by atoms with Crippen molar-refractivity contribution in [3.63, 3.8) is 0 Å². The van der Waals surface area contributed by atoms with Crippen LogP contribution in [0.15, 0.2) is 16.8 Å². The molecule has 0 aliphatic carbocycles. The second kappa shape index (κ2) is 3.17. The van der Waals surface area contributed by atoms with Crippen molar-refractivity contribution in [1.82, 2.24) is 0 Å². The standard InChI is InChI=1S/C8H10OS2/c9-7-3-8(11-5-7)6-1-2-10-4-6/h1-2,4,7-9H,3,5H2. The van der Waals surface area contributed by atoms with Gasteiger partial charge >= 0.3 is 0 Å². The monoisotopic (exact) mass is 186 g/mol. The molecular weight excluding hydrogens is 176 g/mol. The van der Waals surface area contributed by atoms with Crippen molar-refractivity contribution in [3.8, 4) is 0 Å². The Labute approximate surface area is 74.4 Å². The smallest absolute Gasteiger partial charge is 0.0644 e. The topological polar surface area (TPSA) is 20.2 Å². The van der Waals surface area contributed by atoms with Gasteiger partial charge in [0.2, 0.25) is 0 Å². The van der Waals surface area contributed by atoms with Crippen LogP contribution in [0.1, 0.15) is 17.2 Å². The number of hydrogen-bond donors (Lipinski definition) is 1. The molecule has 2 heterocycles. The molecule has 0 bridgehead atoms. The van der Waals surface area contributed by atoms with Crippen LogP contribution < -0.4 is 0 Å². The molecule has 1 aromatic heterocycles. The van der Waals surface area contributed by atoms with Crippen LogP contribution in [0.4, 0.5) is 0 Å². The van der Waals surface area contributed by atoms with Crippen molar-refractivity contribution in [2.45, 2.75) is 17.8 Å². The molecule has 2 atom stereocenters. The third-order valence-corrected chi connectivity index (χ3v) is 4.04. The largest absolute Gasteiger partial charge is 0.392 e. The van der Waals surface area contributed by atoms with Crippen LogP contribution in [0, 0.1) is 0 Å². The fraction of sp³-hybridized carbons (Fsp3) is 0.500. The average molecular weight is 186 g/mol.